The molecule has 0 saturated heterocycles. The summed E-state index contributed by atoms with van der Waals surface area (Å²) in [6, 6.07) is 30.1. The minimum atomic E-state index is -0.0808. The molecule has 1 aliphatic rings. The zero-order valence-corrected chi connectivity index (χ0v) is 16.4. The minimum Gasteiger partial charge on any atom is -0.240 e. The molecule has 0 unspecified atom stereocenters. The maximum absolute atomic E-state index is 13.2. The lowest BCUT2D eigenvalue weighted by atomic mass is 10.1. The van der Waals surface area contributed by atoms with E-state index in [1.165, 1.54) is 0 Å². The summed E-state index contributed by atoms with van der Waals surface area (Å²) in [6.45, 7) is 0. The Morgan fingerprint density at radius 1 is 0.700 bits per heavy atom. The van der Waals surface area contributed by atoms with E-state index in [0.717, 1.165) is 28.1 Å². The summed E-state index contributed by atoms with van der Waals surface area (Å²) in [5, 5.41) is 0. The third kappa shape index (κ3) is 3.55. The van der Waals surface area contributed by atoms with Gasteiger partial charge < -0.3 is 0 Å². The van der Waals surface area contributed by atoms with Crippen LogP contribution in [0.5, 0.6) is 0 Å². The molecule has 0 N–H and O–H groups in total. The maximum atomic E-state index is 13.2. The number of rotatable bonds is 5. The molecule has 0 amide bonds. The normalized spacial score (nSPS) is 12.5. The van der Waals surface area contributed by atoms with Gasteiger partial charge in [0.2, 0.25) is 5.71 Å². The van der Waals surface area contributed by atoms with Gasteiger partial charge in [-0.1, -0.05) is 91.0 Å². The van der Waals surface area contributed by atoms with E-state index in [-0.39, 0.29) is 5.91 Å². The van der Waals surface area contributed by atoms with Gasteiger partial charge in [0.25, 0.3) is 0 Å². The maximum Gasteiger partial charge on any atom is 0.386 e. The van der Waals surface area contributed by atoms with E-state index in [0.29, 0.717) is 24.4 Å². The molecule has 0 saturated carbocycles. The molecule has 0 atom stereocenters. The van der Waals surface area contributed by atoms with Crippen molar-refractivity contribution in [2.24, 2.45) is 4.99 Å². The monoisotopic (exact) mass is 390 g/mol. The molecule has 4 nitrogen and oxygen atoms in total. The van der Waals surface area contributed by atoms with Crippen molar-refractivity contribution in [2.45, 2.75) is 12.8 Å². The largest absolute Gasteiger partial charge is 0.386 e. The van der Waals surface area contributed by atoms with E-state index >= 15 is 0 Å². The first-order valence-electron chi connectivity index (χ1n) is 9.99. The number of carbonyl (C=O) groups excluding carboxylic acids is 1. The summed E-state index contributed by atoms with van der Waals surface area (Å²) >= 11 is 0. The first kappa shape index (κ1) is 18.1. The molecule has 1 aromatic heterocycles. The van der Waals surface area contributed by atoms with Crippen LogP contribution in [-0.4, -0.2) is 16.6 Å². The highest BCUT2D eigenvalue weighted by molar-refractivity contribution is 6.37. The van der Waals surface area contributed by atoms with Crippen LogP contribution in [0.25, 0.3) is 11.3 Å². The fourth-order valence-corrected chi connectivity index (χ4v) is 3.69. The number of fused-ring (bicyclic) bond motifs is 1. The predicted molar refractivity (Wildman–Crippen MR) is 117 cm³/mol. The lowest BCUT2D eigenvalue weighted by Crippen LogP contribution is -2.44. The molecule has 144 valence electrons. The molecular formula is C26H20N3O+. The molecule has 0 bridgehead atoms. The number of benzene rings is 3. The summed E-state index contributed by atoms with van der Waals surface area (Å²) in [7, 11) is 0. The van der Waals surface area contributed by atoms with Crippen molar-refractivity contribution in [2.75, 3.05) is 0 Å². The summed E-state index contributed by atoms with van der Waals surface area (Å²) in [6.07, 6.45) is 2.93. The average Bonchev–Trinajstić information content (AvgIpc) is 3.11. The van der Waals surface area contributed by atoms with Crippen LogP contribution in [-0.2, 0) is 12.8 Å². The van der Waals surface area contributed by atoms with Crippen molar-refractivity contribution >= 4 is 17.4 Å². The van der Waals surface area contributed by atoms with Crippen LogP contribution < -0.4 is 4.57 Å². The highest BCUT2D eigenvalue weighted by atomic mass is 16.2. The van der Waals surface area contributed by atoms with Gasteiger partial charge in [0.05, 0.1) is 0 Å². The average molecular weight is 390 g/mol. The van der Waals surface area contributed by atoms with Crippen molar-refractivity contribution < 1.29 is 9.36 Å². The summed E-state index contributed by atoms with van der Waals surface area (Å²) in [5.74, 6) is 0.553. The standard InChI is InChI=1S/C26H20N3O/c30-26-23(17-20-12-6-2-7-13-20)28-25-22(16-19-10-4-1-5-11-19)27-24(18-29(25)26)21-14-8-3-9-15-21/h1-15,18H,16-17H2/q+1. The van der Waals surface area contributed by atoms with Crippen molar-refractivity contribution in [1.29, 1.82) is 0 Å². The van der Waals surface area contributed by atoms with Crippen LogP contribution in [0.3, 0.4) is 0 Å². The summed E-state index contributed by atoms with van der Waals surface area (Å²) in [4.78, 5) is 22.8. The van der Waals surface area contributed by atoms with E-state index in [9.17, 15) is 4.79 Å². The molecule has 3 aromatic carbocycles. The fourth-order valence-electron chi connectivity index (χ4n) is 3.69. The number of aliphatic imine (C=N–C) groups is 1. The number of hydrogen-bond donors (Lipinski definition) is 0. The van der Waals surface area contributed by atoms with Crippen molar-refractivity contribution in [3.63, 3.8) is 0 Å². The van der Waals surface area contributed by atoms with Gasteiger partial charge in [-0.3, -0.25) is 0 Å². The van der Waals surface area contributed by atoms with Gasteiger partial charge in [-0.25, -0.2) is 9.78 Å². The second-order valence-corrected chi connectivity index (χ2v) is 7.32. The first-order chi connectivity index (χ1) is 14.8. The van der Waals surface area contributed by atoms with Gasteiger partial charge in [-0.05, 0) is 16.1 Å². The van der Waals surface area contributed by atoms with Gasteiger partial charge in [-0.2, -0.15) is 4.57 Å². The van der Waals surface area contributed by atoms with Crippen LogP contribution in [0.2, 0.25) is 0 Å². The van der Waals surface area contributed by atoms with E-state index in [2.05, 4.69) is 12.1 Å². The molecule has 0 spiro atoms. The molecule has 4 heteroatoms. The second-order valence-electron chi connectivity index (χ2n) is 7.32. The smallest absolute Gasteiger partial charge is 0.240 e. The van der Waals surface area contributed by atoms with Crippen molar-refractivity contribution in [1.82, 2.24) is 4.98 Å². The number of hydrogen-bond acceptors (Lipinski definition) is 3. The molecule has 0 radical (unpaired) electrons. The van der Waals surface area contributed by atoms with Crippen LogP contribution in [0.4, 0.5) is 5.82 Å². The Kier molecular flexibility index (Phi) is 4.74. The van der Waals surface area contributed by atoms with E-state index in [1.54, 1.807) is 4.57 Å². The molecule has 1 aliphatic heterocycles. The molecular weight excluding hydrogens is 370 g/mol. The minimum absolute atomic E-state index is 0.0808. The lowest BCUT2D eigenvalue weighted by Gasteiger charge is -2.06. The Morgan fingerprint density at radius 2 is 1.27 bits per heavy atom. The molecule has 4 aromatic rings. The Morgan fingerprint density at radius 3 is 1.90 bits per heavy atom. The number of aromatic nitrogens is 2. The van der Waals surface area contributed by atoms with Crippen LogP contribution >= 0.6 is 0 Å². The van der Waals surface area contributed by atoms with Gasteiger partial charge in [0.15, 0.2) is 0 Å². The third-order valence-corrected chi connectivity index (χ3v) is 5.20. The number of nitrogens with zero attached hydrogens (tertiary/aromatic N) is 3. The van der Waals surface area contributed by atoms with Gasteiger partial charge in [0.1, 0.15) is 17.6 Å². The Labute approximate surface area is 175 Å². The lowest BCUT2D eigenvalue weighted by molar-refractivity contribution is -0.551. The Hall–Kier alpha value is -3.92. The molecule has 2 heterocycles. The molecule has 0 aliphatic carbocycles. The topological polar surface area (TPSA) is 46.2 Å². The van der Waals surface area contributed by atoms with E-state index < -0.39 is 0 Å². The van der Waals surface area contributed by atoms with Gasteiger partial charge in [-0.15, -0.1) is 0 Å². The van der Waals surface area contributed by atoms with Crippen LogP contribution in [0.1, 0.15) is 21.6 Å². The molecule has 5 rings (SSSR count). The molecule has 30 heavy (non-hydrogen) atoms. The SMILES string of the molecule is O=C1C(Cc2ccccc2)=Nc2c(Cc3ccccc3)nc(-c3ccccc3)c[n+]21. The van der Waals surface area contributed by atoms with Gasteiger partial charge >= 0.3 is 11.7 Å². The third-order valence-electron chi connectivity index (χ3n) is 5.20. The highest BCUT2D eigenvalue weighted by Gasteiger charge is 2.37. The summed E-state index contributed by atoms with van der Waals surface area (Å²) in [5.41, 5.74) is 5.30. The van der Waals surface area contributed by atoms with E-state index in [1.807, 2.05) is 85.1 Å². The summed E-state index contributed by atoms with van der Waals surface area (Å²) < 4.78 is 1.66. The van der Waals surface area contributed by atoms with Crippen molar-refractivity contribution in [3.05, 3.63) is 114 Å². The Balaban J connectivity index is 1.59. The Bertz CT molecular complexity index is 1230. The van der Waals surface area contributed by atoms with Crippen molar-refractivity contribution in [3.8, 4) is 11.3 Å². The quantitative estimate of drug-likeness (QED) is 0.468. The van der Waals surface area contributed by atoms with Gasteiger partial charge in [0, 0.05) is 18.4 Å². The zero-order chi connectivity index (χ0) is 20.3. The highest BCUT2D eigenvalue weighted by Crippen LogP contribution is 2.25. The second kappa shape index (κ2) is 7.84. The zero-order valence-electron chi connectivity index (χ0n) is 16.4. The molecule has 0 fully saturated rings. The fraction of sp³-hybridized carbons (Fsp3) is 0.0769. The predicted octanol–water partition coefficient (Wildman–Crippen LogP) is 4.60. The number of carbonyl (C=O) groups is 1. The van der Waals surface area contributed by atoms with E-state index in [4.69, 9.17) is 9.98 Å². The van der Waals surface area contributed by atoms with Crippen LogP contribution in [0.15, 0.2) is 102 Å². The first-order valence-corrected chi connectivity index (χ1v) is 9.99. The van der Waals surface area contributed by atoms with Crippen LogP contribution in [0, 0.1) is 0 Å².